The highest BCUT2D eigenvalue weighted by molar-refractivity contribution is 8.00. The summed E-state index contributed by atoms with van der Waals surface area (Å²) >= 11 is 1.58. The first kappa shape index (κ1) is 21.9. The number of carbonyl (C=O) groups is 1. The molecular formula is C25H25NO5S. The maximum absolute atomic E-state index is 12.6. The van der Waals surface area contributed by atoms with E-state index in [-0.39, 0.29) is 17.0 Å². The van der Waals surface area contributed by atoms with E-state index in [9.17, 15) is 9.90 Å². The Kier molecular flexibility index (Phi) is 6.75. The quantitative estimate of drug-likeness (QED) is 0.533. The van der Waals surface area contributed by atoms with E-state index >= 15 is 0 Å². The minimum atomic E-state index is -0.139. The molecule has 3 aromatic rings. The summed E-state index contributed by atoms with van der Waals surface area (Å²) in [4.78, 5) is 14.5. The van der Waals surface area contributed by atoms with Crippen LogP contribution in [0.15, 0.2) is 66.7 Å². The average Bonchev–Trinajstić information content (AvgIpc) is 3.19. The Morgan fingerprint density at radius 3 is 2.47 bits per heavy atom. The van der Waals surface area contributed by atoms with Crippen molar-refractivity contribution >= 4 is 17.7 Å². The van der Waals surface area contributed by atoms with Gasteiger partial charge in [-0.15, -0.1) is 11.8 Å². The number of ether oxygens (including phenoxy) is 3. The van der Waals surface area contributed by atoms with Crippen molar-refractivity contribution in [2.45, 2.75) is 18.5 Å². The summed E-state index contributed by atoms with van der Waals surface area (Å²) in [5.41, 5.74) is 2.93. The molecule has 1 atom stereocenters. The number of nitrogens with zero attached hydrogens (tertiary/aromatic N) is 1. The lowest BCUT2D eigenvalue weighted by atomic mass is 10.1. The van der Waals surface area contributed by atoms with Crippen molar-refractivity contribution in [1.29, 1.82) is 0 Å². The van der Waals surface area contributed by atoms with E-state index in [4.69, 9.17) is 14.2 Å². The Balaban J connectivity index is 1.53. The number of methoxy groups -OCH3 is 2. The second kappa shape index (κ2) is 9.87. The Morgan fingerprint density at radius 2 is 1.72 bits per heavy atom. The Labute approximate surface area is 191 Å². The fourth-order valence-electron chi connectivity index (χ4n) is 3.61. The lowest BCUT2D eigenvalue weighted by Gasteiger charge is -2.25. The first-order chi connectivity index (χ1) is 15.6. The van der Waals surface area contributed by atoms with Gasteiger partial charge in [0.05, 0.1) is 20.0 Å². The van der Waals surface area contributed by atoms with Gasteiger partial charge in [0.15, 0.2) is 23.0 Å². The van der Waals surface area contributed by atoms with Crippen molar-refractivity contribution in [2.75, 3.05) is 20.0 Å². The molecule has 1 amide bonds. The maximum Gasteiger partial charge on any atom is 0.234 e. The maximum atomic E-state index is 12.6. The van der Waals surface area contributed by atoms with Gasteiger partial charge in [0, 0.05) is 6.54 Å². The molecule has 0 aliphatic carbocycles. The number of phenols is 1. The van der Waals surface area contributed by atoms with Crippen LogP contribution < -0.4 is 14.2 Å². The molecule has 1 N–H and O–H groups in total. The monoisotopic (exact) mass is 451 g/mol. The van der Waals surface area contributed by atoms with E-state index in [1.807, 2.05) is 53.4 Å². The average molecular weight is 452 g/mol. The van der Waals surface area contributed by atoms with Crippen LogP contribution in [-0.2, 0) is 17.9 Å². The third kappa shape index (κ3) is 4.78. The van der Waals surface area contributed by atoms with Crippen LogP contribution in [0.5, 0.6) is 23.0 Å². The second-order valence-electron chi connectivity index (χ2n) is 7.38. The number of phenolic OH excluding ortho intramolecular Hbond substituents is 1. The van der Waals surface area contributed by atoms with Crippen LogP contribution in [0.2, 0.25) is 0 Å². The molecule has 1 aliphatic heterocycles. The number of benzene rings is 3. The molecule has 3 aromatic carbocycles. The van der Waals surface area contributed by atoms with Crippen LogP contribution in [0.3, 0.4) is 0 Å². The number of thioether (sulfide) groups is 1. The van der Waals surface area contributed by atoms with E-state index in [1.165, 1.54) is 7.11 Å². The molecule has 1 aliphatic rings. The van der Waals surface area contributed by atoms with E-state index in [0.717, 1.165) is 16.7 Å². The topological polar surface area (TPSA) is 68.2 Å². The fourth-order valence-corrected chi connectivity index (χ4v) is 4.79. The largest absolute Gasteiger partial charge is 0.504 e. The van der Waals surface area contributed by atoms with Gasteiger partial charge >= 0.3 is 0 Å². The van der Waals surface area contributed by atoms with Crippen LogP contribution in [0.25, 0.3) is 0 Å². The molecule has 1 fully saturated rings. The van der Waals surface area contributed by atoms with Gasteiger partial charge in [0.2, 0.25) is 5.91 Å². The van der Waals surface area contributed by atoms with Gasteiger partial charge < -0.3 is 24.2 Å². The Hall–Kier alpha value is -3.32. The van der Waals surface area contributed by atoms with E-state index < -0.39 is 0 Å². The molecule has 1 unspecified atom stereocenters. The van der Waals surface area contributed by atoms with Gasteiger partial charge in [0.1, 0.15) is 12.0 Å². The molecule has 32 heavy (non-hydrogen) atoms. The number of amides is 1. The Morgan fingerprint density at radius 1 is 0.938 bits per heavy atom. The highest BCUT2D eigenvalue weighted by atomic mass is 32.2. The molecule has 6 nitrogen and oxygen atoms in total. The predicted molar refractivity (Wildman–Crippen MR) is 124 cm³/mol. The van der Waals surface area contributed by atoms with Gasteiger partial charge in [-0.1, -0.05) is 42.5 Å². The SMILES string of the molecule is COc1cc(CN2C(=O)CSC2c2ccc(OCc3ccccc3)c(OC)c2)ccc1O. The summed E-state index contributed by atoms with van der Waals surface area (Å²) in [6.45, 7) is 0.865. The summed E-state index contributed by atoms with van der Waals surface area (Å²) in [6, 6.07) is 20.9. The number of carbonyl (C=O) groups excluding carboxylic acids is 1. The van der Waals surface area contributed by atoms with Crippen LogP contribution in [0, 0.1) is 0 Å². The summed E-state index contributed by atoms with van der Waals surface area (Å²) in [7, 11) is 3.12. The molecular weight excluding hydrogens is 426 g/mol. The normalized spacial score (nSPS) is 15.6. The summed E-state index contributed by atoms with van der Waals surface area (Å²) < 4.78 is 16.7. The molecule has 1 saturated heterocycles. The van der Waals surface area contributed by atoms with Crippen molar-refractivity contribution in [3.05, 3.63) is 83.4 Å². The smallest absolute Gasteiger partial charge is 0.234 e. The predicted octanol–water partition coefficient (Wildman–Crippen LogP) is 4.76. The third-order valence-corrected chi connectivity index (χ3v) is 6.53. The standard InChI is InChI=1S/C25H25NO5S/c1-29-22-12-18(8-10-20(22)27)14-26-24(28)16-32-25(26)19-9-11-21(23(13-19)30-2)31-15-17-6-4-3-5-7-17/h3-13,25,27H,14-16H2,1-2H3. The molecule has 4 rings (SSSR count). The van der Waals surface area contributed by atoms with Gasteiger partial charge in [-0.25, -0.2) is 0 Å². The van der Waals surface area contributed by atoms with Crippen molar-refractivity contribution in [1.82, 2.24) is 4.90 Å². The van der Waals surface area contributed by atoms with Crippen molar-refractivity contribution in [3.8, 4) is 23.0 Å². The summed E-state index contributed by atoms with van der Waals surface area (Å²) in [5, 5.41) is 9.70. The molecule has 0 radical (unpaired) electrons. The zero-order valence-corrected chi connectivity index (χ0v) is 18.8. The van der Waals surface area contributed by atoms with Crippen LogP contribution in [0.4, 0.5) is 0 Å². The van der Waals surface area contributed by atoms with Crippen LogP contribution in [-0.4, -0.2) is 35.9 Å². The van der Waals surface area contributed by atoms with Crippen LogP contribution in [0.1, 0.15) is 22.1 Å². The summed E-state index contributed by atoms with van der Waals surface area (Å²) in [5.74, 6) is 2.23. The van der Waals surface area contributed by atoms with Crippen molar-refractivity contribution < 1.29 is 24.1 Å². The van der Waals surface area contributed by atoms with Gasteiger partial charge in [-0.05, 0) is 41.0 Å². The van der Waals surface area contributed by atoms with Gasteiger partial charge in [-0.2, -0.15) is 0 Å². The minimum Gasteiger partial charge on any atom is -0.504 e. The van der Waals surface area contributed by atoms with Crippen molar-refractivity contribution in [3.63, 3.8) is 0 Å². The van der Waals surface area contributed by atoms with E-state index in [1.54, 1.807) is 37.1 Å². The Bertz CT molecular complexity index is 1090. The van der Waals surface area contributed by atoms with Crippen LogP contribution >= 0.6 is 11.8 Å². The number of hydrogen-bond donors (Lipinski definition) is 1. The number of aromatic hydroxyl groups is 1. The first-order valence-electron chi connectivity index (χ1n) is 10.2. The number of hydrogen-bond acceptors (Lipinski definition) is 6. The molecule has 0 aromatic heterocycles. The first-order valence-corrected chi connectivity index (χ1v) is 11.3. The molecule has 1 heterocycles. The molecule has 7 heteroatoms. The lowest BCUT2D eigenvalue weighted by Crippen LogP contribution is -2.27. The van der Waals surface area contributed by atoms with Gasteiger partial charge in [-0.3, -0.25) is 4.79 Å². The molecule has 0 bridgehead atoms. The van der Waals surface area contributed by atoms with E-state index in [2.05, 4.69) is 0 Å². The third-order valence-electron chi connectivity index (χ3n) is 5.28. The zero-order chi connectivity index (χ0) is 22.5. The molecule has 166 valence electrons. The zero-order valence-electron chi connectivity index (χ0n) is 18.0. The number of rotatable bonds is 8. The molecule has 0 spiro atoms. The molecule has 0 saturated carbocycles. The van der Waals surface area contributed by atoms with Crippen molar-refractivity contribution in [2.24, 2.45) is 0 Å². The van der Waals surface area contributed by atoms with E-state index in [0.29, 0.717) is 36.2 Å². The summed E-state index contributed by atoms with van der Waals surface area (Å²) in [6.07, 6.45) is 0. The highest BCUT2D eigenvalue weighted by Gasteiger charge is 2.33. The fraction of sp³-hybridized carbons (Fsp3) is 0.240. The van der Waals surface area contributed by atoms with Gasteiger partial charge in [0.25, 0.3) is 0 Å². The lowest BCUT2D eigenvalue weighted by molar-refractivity contribution is -0.128. The highest BCUT2D eigenvalue weighted by Crippen LogP contribution is 2.42. The minimum absolute atomic E-state index is 0.0652. The second-order valence-corrected chi connectivity index (χ2v) is 8.44.